The minimum atomic E-state index is -0.00639. The van der Waals surface area contributed by atoms with Gasteiger partial charge < -0.3 is 9.47 Å². The number of benzene rings is 1. The molecule has 1 saturated heterocycles. The van der Waals surface area contributed by atoms with Crippen LogP contribution in [-0.2, 0) is 0 Å². The van der Waals surface area contributed by atoms with Gasteiger partial charge in [0.1, 0.15) is 6.10 Å². The van der Waals surface area contributed by atoms with E-state index in [4.69, 9.17) is 9.47 Å². The standard InChI is InChI=1S/C17H25NO3/c1-12(19)14-8-7-10-16(20-4)17(14)21-13(2)15-9-5-6-11-18(15)3/h7-8,10,13,15H,5-6,9,11H2,1-4H3. The van der Waals surface area contributed by atoms with Gasteiger partial charge in [0.2, 0.25) is 0 Å². The summed E-state index contributed by atoms with van der Waals surface area (Å²) < 4.78 is 11.5. The monoisotopic (exact) mass is 291 g/mol. The Morgan fingerprint density at radius 2 is 2.14 bits per heavy atom. The quantitative estimate of drug-likeness (QED) is 0.781. The second kappa shape index (κ2) is 6.94. The van der Waals surface area contributed by atoms with Gasteiger partial charge in [-0.3, -0.25) is 9.69 Å². The number of carbonyl (C=O) groups excluding carboxylic acids is 1. The zero-order valence-corrected chi connectivity index (χ0v) is 13.4. The molecule has 2 unspecified atom stereocenters. The van der Waals surface area contributed by atoms with Crippen molar-refractivity contribution < 1.29 is 14.3 Å². The lowest BCUT2D eigenvalue weighted by Crippen LogP contribution is -2.45. The van der Waals surface area contributed by atoms with E-state index in [0.29, 0.717) is 23.1 Å². The minimum absolute atomic E-state index is 0.00639. The van der Waals surface area contributed by atoms with Gasteiger partial charge in [-0.05, 0) is 52.4 Å². The Morgan fingerprint density at radius 1 is 1.38 bits per heavy atom. The highest BCUT2D eigenvalue weighted by molar-refractivity contribution is 5.97. The number of carbonyl (C=O) groups is 1. The molecule has 1 aliphatic rings. The average molecular weight is 291 g/mol. The molecule has 1 aromatic carbocycles. The van der Waals surface area contributed by atoms with Gasteiger partial charge >= 0.3 is 0 Å². The van der Waals surface area contributed by atoms with Crippen LogP contribution >= 0.6 is 0 Å². The molecule has 0 amide bonds. The van der Waals surface area contributed by atoms with Gasteiger partial charge in [0.05, 0.1) is 12.7 Å². The Labute approximate surface area is 127 Å². The fraction of sp³-hybridized carbons (Fsp3) is 0.588. The Morgan fingerprint density at radius 3 is 2.76 bits per heavy atom. The predicted octanol–water partition coefficient (Wildman–Crippen LogP) is 3.15. The van der Waals surface area contributed by atoms with Crippen molar-refractivity contribution in [2.24, 2.45) is 0 Å². The largest absolute Gasteiger partial charge is 0.493 e. The first kappa shape index (κ1) is 15.8. The molecule has 0 spiro atoms. The maximum absolute atomic E-state index is 11.8. The van der Waals surface area contributed by atoms with Gasteiger partial charge in [0.25, 0.3) is 0 Å². The first-order valence-electron chi connectivity index (χ1n) is 7.59. The molecule has 2 rings (SSSR count). The van der Waals surface area contributed by atoms with Crippen LogP contribution in [0, 0.1) is 0 Å². The highest BCUT2D eigenvalue weighted by atomic mass is 16.5. The van der Waals surface area contributed by atoms with E-state index in [1.165, 1.54) is 12.8 Å². The van der Waals surface area contributed by atoms with E-state index in [-0.39, 0.29) is 11.9 Å². The molecule has 4 heteroatoms. The lowest BCUT2D eigenvalue weighted by molar-refractivity contribution is 0.0656. The topological polar surface area (TPSA) is 38.8 Å². The Kier molecular flexibility index (Phi) is 5.23. The molecule has 1 aromatic rings. The zero-order valence-electron chi connectivity index (χ0n) is 13.4. The average Bonchev–Trinajstić information content (AvgIpc) is 2.47. The van der Waals surface area contributed by atoms with Crippen molar-refractivity contribution in [2.45, 2.75) is 45.3 Å². The number of hydrogen-bond donors (Lipinski definition) is 0. The summed E-state index contributed by atoms with van der Waals surface area (Å²) in [6.45, 7) is 4.73. The molecule has 2 atom stereocenters. The maximum atomic E-state index is 11.8. The summed E-state index contributed by atoms with van der Waals surface area (Å²) >= 11 is 0. The number of ether oxygens (including phenoxy) is 2. The number of likely N-dealkylation sites (N-methyl/N-ethyl adjacent to an activating group) is 1. The van der Waals surface area contributed by atoms with Gasteiger partial charge in [0.15, 0.2) is 17.3 Å². The number of para-hydroxylation sites is 1. The molecule has 21 heavy (non-hydrogen) atoms. The molecule has 0 aromatic heterocycles. The van der Waals surface area contributed by atoms with Crippen LogP contribution in [0.4, 0.5) is 0 Å². The lowest BCUT2D eigenvalue weighted by atomic mass is 9.98. The molecule has 1 fully saturated rings. The van der Waals surface area contributed by atoms with E-state index in [1.807, 2.05) is 12.1 Å². The molecular formula is C17H25NO3. The van der Waals surface area contributed by atoms with Crippen molar-refractivity contribution in [1.29, 1.82) is 0 Å². The van der Waals surface area contributed by atoms with E-state index in [2.05, 4.69) is 18.9 Å². The van der Waals surface area contributed by atoms with Gasteiger partial charge in [-0.25, -0.2) is 0 Å². The lowest BCUT2D eigenvalue weighted by Gasteiger charge is -2.36. The molecule has 1 heterocycles. The summed E-state index contributed by atoms with van der Waals surface area (Å²) in [6, 6.07) is 5.82. The third-order valence-corrected chi connectivity index (χ3v) is 4.25. The zero-order chi connectivity index (χ0) is 15.4. The molecule has 0 bridgehead atoms. The van der Waals surface area contributed by atoms with Crippen LogP contribution in [0.5, 0.6) is 11.5 Å². The summed E-state index contributed by atoms with van der Waals surface area (Å²) in [5, 5.41) is 0. The third kappa shape index (κ3) is 3.56. The fourth-order valence-electron chi connectivity index (χ4n) is 3.03. The molecule has 4 nitrogen and oxygen atoms in total. The van der Waals surface area contributed by atoms with E-state index >= 15 is 0 Å². The van der Waals surface area contributed by atoms with Crippen LogP contribution in [0.2, 0.25) is 0 Å². The normalized spacial score (nSPS) is 20.9. The summed E-state index contributed by atoms with van der Waals surface area (Å²) in [6.07, 6.45) is 3.62. The number of piperidine rings is 1. The minimum Gasteiger partial charge on any atom is -0.493 e. The summed E-state index contributed by atoms with van der Waals surface area (Å²) in [5.74, 6) is 1.18. The van der Waals surface area contributed by atoms with Crippen molar-refractivity contribution in [3.05, 3.63) is 23.8 Å². The maximum Gasteiger partial charge on any atom is 0.172 e. The van der Waals surface area contributed by atoms with Crippen LogP contribution in [0.15, 0.2) is 18.2 Å². The first-order chi connectivity index (χ1) is 10.0. The SMILES string of the molecule is COc1cccc(C(C)=O)c1OC(C)C1CCCCN1C. The van der Waals surface area contributed by atoms with E-state index in [1.54, 1.807) is 20.1 Å². The van der Waals surface area contributed by atoms with Crippen molar-refractivity contribution in [3.8, 4) is 11.5 Å². The number of Topliss-reactive ketones (excluding diaryl/α,β-unsaturated/α-hetero) is 1. The highest BCUT2D eigenvalue weighted by Gasteiger charge is 2.27. The fourth-order valence-corrected chi connectivity index (χ4v) is 3.03. The number of likely N-dealkylation sites (tertiary alicyclic amines) is 1. The van der Waals surface area contributed by atoms with Crippen molar-refractivity contribution in [2.75, 3.05) is 20.7 Å². The highest BCUT2D eigenvalue weighted by Crippen LogP contribution is 2.33. The number of rotatable bonds is 5. The summed E-state index contributed by atoms with van der Waals surface area (Å²) in [4.78, 5) is 14.2. The smallest absolute Gasteiger partial charge is 0.172 e. The second-order valence-electron chi connectivity index (χ2n) is 5.76. The number of methoxy groups -OCH3 is 1. The molecular weight excluding hydrogens is 266 g/mol. The number of ketones is 1. The van der Waals surface area contributed by atoms with E-state index in [0.717, 1.165) is 13.0 Å². The van der Waals surface area contributed by atoms with Crippen molar-refractivity contribution in [3.63, 3.8) is 0 Å². The van der Waals surface area contributed by atoms with Crippen LogP contribution < -0.4 is 9.47 Å². The molecule has 1 aliphatic heterocycles. The summed E-state index contributed by atoms with van der Waals surface area (Å²) in [7, 11) is 3.74. The number of hydrogen-bond acceptors (Lipinski definition) is 4. The predicted molar refractivity (Wildman–Crippen MR) is 83.4 cm³/mol. The van der Waals surface area contributed by atoms with E-state index < -0.39 is 0 Å². The Bertz CT molecular complexity index is 501. The van der Waals surface area contributed by atoms with Crippen molar-refractivity contribution in [1.82, 2.24) is 4.90 Å². The third-order valence-electron chi connectivity index (χ3n) is 4.25. The number of nitrogens with zero attached hydrogens (tertiary/aromatic N) is 1. The second-order valence-corrected chi connectivity index (χ2v) is 5.76. The molecule has 0 aliphatic carbocycles. The Hall–Kier alpha value is -1.55. The molecule has 0 saturated carbocycles. The molecule has 0 radical (unpaired) electrons. The Balaban J connectivity index is 2.23. The van der Waals surface area contributed by atoms with Crippen molar-refractivity contribution >= 4 is 5.78 Å². The van der Waals surface area contributed by atoms with Crippen LogP contribution in [-0.4, -0.2) is 43.5 Å². The van der Waals surface area contributed by atoms with Gasteiger partial charge in [-0.15, -0.1) is 0 Å². The summed E-state index contributed by atoms with van der Waals surface area (Å²) in [5.41, 5.74) is 0.583. The molecule has 0 N–H and O–H groups in total. The van der Waals surface area contributed by atoms with Gasteiger partial charge in [-0.2, -0.15) is 0 Å². The van der Waals surface area contributed by atoms with E-state index in [9.17, 15) is 4.79 Å². The first-order valence-corrected chi connectivity index (χ1v) is 7.59. The van der Waals surface area contributed by atoms with Crippen LogP contribution in [0.25, 0.3) is 0 Å². The van der Waals surface area contributed by atoms with Crippen LogP contribution in [0.3, 0.4) is 0 Å². The molecule has 116 valence electrons. The van der Waals surface area contributed by atoms with Gasteiger partial charge in [-0.1, -0.05) is 12.5 Å². The van der Waals surface area contributed by atoms with Crippen LogP contribution in [0.1, 0.15) is 43.5 Å². The van der Waals surface area contributed by atoms with Gasteiger partial charge in [0, 0.05) is 6.04 Å².